The zero-order valence-electron chi connectivity index (χ0n) is 11.9. The van der Waals surface area contributed by atoms with Gasteiger partial charge in [-0.1, -0.05) is 25.1 Å². The number of pyridine rings is 1. The third kappa shape index (κ3) is 2.60. The van der Waals surface area contributed by atoms with Crippen molar-refractivity contribution in [3.05, 3.63) is 53.9 Å². The molecular formula is C16H18N4O. The SMILES string of the molecule is CC1Cc2ccccc2N(C(=O)c2ccc(NN)cn2)C1. The molecule has 2 heterocycles. The summed E-state index contributed by atoms with van der Waals surface area (Å²) in [6, 6.07) is 11.5. The van der Waals surface area contributed by atoms with E-state index in [0.29, 0.717) is 23.8 Å². The van der Waals surface area contributed by atoms with Crippen molar-refractivity contribution in [2.45, 2.75) is 13.3 Å². The van der Waals surface area contributed by atoms with Crippen molar-refractivity contribution >= 4 is 17.3 Å². The van der Waals surface area contributed by atoms with E-state index in [2.05, 4.69) is 23.4 Å². The fourth-order valence-electron chi connectivity index (χ4n) is 2.73. The number of benzene rings is 1. The maximum atomic E-state index is 12.7. The summed E-state index contributed by atoms with van der Waals surface area (Å²) in [5.41, 5.74) is 5.82. The minimum atomic E-state index is -0.0717. The smallest absolute Gasteiger partial charge is 0.276 e. The maximum Gasteiger partial charge on any atom is 0.276 e. The van der Waals surface area contributed by atoms with E-state index in [4.69, 9.17) is 5.84 Å². The number of nitrogens with zero attached hydrogens (tertiary/aromatic N) is 2. The molecule has 0 radical (unpaired) electrons. The van der Waals surface area contributed by atoms with Gasteiger partial charge in [0.1, 0.15) is 5.69 Å². The van der Waals surface area contributed by atoms with Crippen LogP contribution in [0.5, 0.6) is 0 Å². The molecule has 0 bridgehead atoms. The molecule has 0 fully saturated rings. The Morgan fingerprint density at radius 3 is 2.86 bits per heavy atom. The van der Waals surface area contributed by atoms with Gasteiger partial charge in [-0.15, -0.1) is 0 Å². The first-order valence-corrected chi connectivity index (χ1v) is 7.01. The molecule has 108 valence electrons. The van der Waals surface area contributed by atoms with Crippen LogP contribution in [0.1, 0.15) is 23.0 Å². The lowest BCUT2D eigenvalue weighted by Gasteiger charge is -2.33. The van der Waals surface area contributed by atoms with Crippen molar-refractivity contribution in [2.24, 2.45) is 11.8 Å². The van der Waals surface area contributed by atoms with E-state index in [-0.39, 0.29) is 5.91 Å². The predicted molar refractivity (Wildman–Crippen MR) is 83.0 cm³/mol. The Morgan fingerprint density at radius 1 is 1.33 bits per heavy atom. The van der Waals surface area contributed by atoms with Crippen molar-refractivity contribution in [1.82, 2.24) is 4.98 Å². The fraction of sp³-hybridized carbons (Fsp3) is 0.250. The summed E-state index contributed by atoms with van der Waals surface area (Å²) < 4.78 is 0. The minimum Gasteiger partial charge on any atom is -0.323 e. The third-order valence-corrected chi connectivity index (χ3v) is 3.74. The van der Waals surface area contributed by atoms with Crippen LogP contribution < -0.4 is 16.2 Å². The number of fused-ring (bicyclic) bond motifs is 1. The highest BCUT2D eigenvalue weighted by molar-refractivity contribution is 6.05. The van der Waals surface area contributed by atoms with Crippen LogP contribution in [0.2, 0.25) is 0 Å². The normalized spacial score (nSPS) is 17.2. The minimum absolute atomic E-state index is 0.0717. The third-order valence-electron chi connectivity index (χ3n) is 3.74. The van der Waals surface area contributed by atoms with Crippen LogP contribution in [0.15, 0.2) is 42.6 Å². The summed E-state index contributed by atoms with van der Waals surface area (Å²) in [5.74, 6) is 5.68. The summed E-state index contributed by atoms with van der Waals surface area (Å²) >= 11 is 0. The molecule has 3 N–H and O–H groups in total. The van der Waals surface area contributed by atoms with Crippen molar-refractivity contribution in [2.75, 3.05) is 16.9 Å². The number of hydrazine groups is 1. The molecule has 2 aromatic rings. The summed E-state index contributed by atoms with van der Waals surface area (Å²) in [4.78, 5) is 18.7. The van der Waals surface area contributed by atoms with Crippen molar-refractivity contribution in [3.8, 4) is 0 Å². The Balaban J connectivity index is 1.93. The molecule has 1 aliphatic rings. The molecule has 21 heavy (non-hydrogen) atoms. The second-order valence-electron chi connectivity index (χ2n) is 5.43. The fourth-order valence-corrected chi connectivity index (χ4v) is 2.73. The summed E-state index contributed by atoms with van der Waals surface area (Å²) in [6.45, 7) is 2.87. The van der Waals surface area contributed by atoms with Gasteiger partial charge >= 0.3 is 0 Å². The topological polar surface area (TPSA) is 71.2 Å². The van der Waals surface area contributed by atoms with Crippen LogP contribution in [0.3, 0.4) is 0 Å². The van der Waals surface area contributed by atoms with Gasteiger partial charge in [0.25, 0.3) is 5.91 Å². The zero-order chi connectivity index (χ0) is 14.8. The molecule has 5 nitrogen and oxygen atoms in total. The highest BCUT2D eigenvalue weighted by Gasteiger charge is 2.27. The van der Waals surface area contributed by atoms with Gasteiger partial charge in [-0.2, -0.15) is 0 Å². The summed E-state index contributed by atoms with van der Waals surface area (Å²) in [7, 11) is 0. The van der Waals surface area contributed by atoms with Gasteiger partial charge in [-0.05, 0) is 36.1 Å². The number of hydrogen-bond acceptors (Lipinski definition) is 4. The summed E-state index contributed by atoms with van der Waals surface area (Å²) in [5, 5.41) is 0. The van der Waals surface area contributed by atoms with Crippen molar-refractivity contribution in [1.29, 1.82) is 0 Å². The number of para-hydroxylation sites is 1. The molecule has 1 aromatic carbocycles. The number of carbonyl (C=O) groups is 1. The van der Waals surface area contributed by atoms with Gasteiger partial charge in [0.05, 0.1) is 11.9 Å². The van der Waals surface area contributed by atoms with E-state index in [1.54, 1.807) is 18.3 Å². The molecule has 0 spiro atoms. The van der Waals surface area contributed by atoms with Crippen LogP contribution in [-0.2, 0) is 6.42 Å². The maximum absolute atomic E-state index is 12.7. The lowest BCUT2D eigenvalue weighted by molar-refractivity contribution is 0.0976. The van der Waals surface area contributed by atoms with E-state index in [1.807, 2.05) is 23.1 Å². The average Bonchev–Trinajstić information content (AvgIpc) is 2.53. The van der Waals surface area contributed by atoms with Crippen LogP contribution in [-0.4, -0.2) is 17.4 Å². The number of rotatable bonds is 2. The number of nitrogen functional groups attached to an aromatic ring is 1. The number of amides is 1. The van der Waals surface area contributed by atoms with Crippen LogP contribution in [0, 0.1) is 5.92 Å². The monoisotopic (exact) mass is 282 g/mol. The van der Waals surface area contributed by atoms with E-state index in [0.717, 1.165) is 12.1 Å². The van der Waals surface area contributed by atoms with Crippen LogP contribution >= 0.6 is 0 Å². The first kappa shape index (κ1) is 13.6. The Kier molecular flexibility index (Phi) is 3.58. The van der Waals surface area contributed by atoms with Gasteiger partial charge in [-0.25, -0.2) is 4.98 Å². The quantitative estimate of drug-likeness (QED) is 0.654. The molecular weight excluding hydrogens is 264 g/mol. The zero-order valence-corrected chi connectivity index (χ0v) is 11.9. The van der Waals surface area contributed by atoms with Crippen molar-refractivity contribution < 1.29 is 4.79 Å². The molecule has 1 aliphatic heterocycles. The molecule has 0 aliphatic carbocycles. The number of aromatic nitrogens is 1. The Bertz CT molecular complexity index is 654. The predicted octanol–water partition coefficient (Wildman–Crippen LogP) is 2.21. The van der Waals surface area contributed by atoms with E-state index >= 15 is 0 Å². The Morgan fingerprint density at radius 2 is 2.14 bits per heavy atom. The van der Waals surface area contributed by atoms with Crippen LogP contribution in [0.25, 0.3) is 0 Å². The number of hydrogen-bond donors (Lipinski definition) is 2. The first-order valence-electron chi connectivity index (χ1n) is 7.01. The van der Waals surface area contributed by atoms with Crippen LogP contribution in [0.4, 0.5) is 11.4 Å². The molecule has 3 rings (SSSR count). The summed E-state index contributed by atoms with van der Waals surface area (Å²) in [6.07, 6.45) is 2.57. The highest BCUT2D eigenvalue weighted by Crippen LogP contribution is 2.30. The van der Waals surface area contributed by atoms with Crippen molar-refractivity contribution in [3.63, 3.8) is 0 Å². The second kappa shape index (κ2) is 5.54. The molecule has 1 unspecified atom stereocenters. The molecule has 5 heteroatoms. The lowest BCUT2D eigenvalue weighted by atomic mass is 9.93. The van der Waals surface area contributed by atoms with Gasteiger partial charge in [0, 0.05) is 12.2 Å². The number of nitrogens with two attached hydrogens (primary N) is 1. The molecule has 0 saturated carbocycles. The van der Waals surface area contributed by atoms with E-state index < -0.39 is 0 Å². The van der Waals surface area contributed by atoms with Gasteiger partial charge in [0.15, 0.2) is 0 Å². The van der Waals surface area contributed by atoms with Gasteiger partial charge < -0.3 is 10.3 Å². The first-order chi connectivity index (χ1) is 10.2. The molecule has 1 amide bonds. The van der Waals surface area contributed by atoms with E-state index in [9.17, 15) is 4.79 Å². The molecule has 1 atom stereocenters. The second-order valence-corrected chi connectivity index (χ2v) is 5.43. The number of carbonyl (C=O) groups excluding carboxylic acids is 1. The van der Waals surface area contributed by atoms with Gasteiger partial charge in [0.2, 0.25) is 0 Å². The molecule has 1 aromatic heterocycles. The number of nitrogens with one attached hydrogen (secondary N) is 1. The molecule has 0 saturated heterocycles. The number of anilines is 2. The largest absolute Gasteiger partial charge is 0.323 e. The van der Waals surface area contributed by atoms with Gasteiger partial charge in [-0.3, -0.25) is 10.6 Å². The van der Waals surface area contributed by atoms with E-state index in [1.165, 1.54) is 5.56 Å². The Hall–Kier alpha value is -2.40. The average molecular weight is 282 g/mol. The highest BCUT2D eigenvalue weighted by atomic mass is 16.2. The standard InChI is InChI=1S/C16H18N4O/c1-11-8-12-4-2-3-5-15(12)20(10-11)16(21)14-7-6-13(19-17)9-18-14/h2-7,9,11,19H,8,10,17H2,1H3. The Labute approximate surface area is 123 Å². The lowest BCUT2D eigenvalue weighted by Crippen LogP contribution is -2.39.